The third kappa shape index (κ3) is 2.23. The van der Waals surface area contributed by atoms with Gasteiger partial charge in [0.05, 0.1) is 6.07 Å². The summed E-state index contributed by atoms with van der Waals surface area (Å²) in [5, 5.41) is 8.82. The van der Waals surface area contributed by atoms with Gasteiger partial charge in [0.1, 0.15) is 0 Å². The van der Waals surface area contributed by atoms with Crippen molar-refractivity contribution in [3.63, 3.8) is 0 Å². The third-order valence-corrected chi connectivity index (χ3v) is 4.22. The minimum absolute atomic E-state index is 0.224. The van der Waals surface area contributed by atoms with Crippen molar-refractivity contribution in [1.82, 2.24) is 4.57 Å². The third-order valence-electron chi connectivity index (χ3n) is 4.22. The molecule has 2 N–H and O–H groups in total. The molecule has 2 fully saturated rings. The van der Waals surface area contributed by atoms with Crippen molar-refractivity contribution in [1.29, 1.82) is 5.26 Å². The minimum atomic E-state index is 0.224. The van der Waals surface area contributed by atoms with Gasteiger partial charge in [0, 0.05) is 36.8 Å². The molecule has 90 valence electrons. The number of nitrogens with two attached hydrogens (primary N) is 1. The Hall–Kier alpha value is -1.27. The first-order valence-electron chi connectivity index (χ1n) is 6.51. The fraction of sp³-hybridized carbons (Fsp3) is 0.643. The molecule has 3 nitrogen and oxygen atoms in total. The van der Waals surface area contributed by atoms with Crippen molar-refractivity contribution >= 4 is 0 Å². The van der Waals surface area contributed by atoms with Crippen LogP contribution in [-0.4, -0.2) is 4.57 Å². The number of rotatable bonds is 5. The Morgan fingerprint density at radius 1 is 1.53 bits per heavy atom. The van der Waals surface area contributed by atoms with E-state index in [0.29, 0.717) is 12.3 Å². The predicted molar refractivity (Wildman–Crippen MR) is 66.0 cm³/mol. The van der Waals surface area contributed by atoms with Crippen LogP contribution in [0.15, 0.2) is 18.5 Å². The van der Waals surface area contributed by atoms with E-state index in [-0.39, 0.29) is 11.5 Å². The van der Waals surface area contributed by atoms with Gasteiger partial charge in [0.2, 0.25) is 0 Å². The molecule has 0 radical (unpaired) electrons. The zero-order chi connectivity index (χ0) is 11.9. The Bertz CT molecular complexity index is 446. The maximum atomic E-state index is 8.82. The van der Waals surface area contributed by atoms with Gasteiger partial charge in [-0.25, -0.2) is 0 Å². The van der Waals surface area contributed by atoms with E-state index < -0.39 is 0 Å². The summed E-state index contributed by atoms with van der Waals surface area (Å²) in [6, 6.07) is 4.68. The van der Waals surface area contributed by atoms with Crippen molar-refractivity contribution in [3.8, 4) is 6.07 Å². The molecule has 0 aromatic carbocycles. The van der Waals surface area contributed by atoms with E-state index in [1.165, 1.54) is 31.2 Å². The first-order chi connectivity index (χ1) is 8.22. The average molecular weight is 229 g/mol. The zero-order valence-electron chi connectivity index (χ0n) is 10.1. The summed E-state index contributed by atoms with van der Waals surface area (Å²) in [6.07, 6.45) is 9.95. The van der Waals surface area contributed by atoms with Crippen LogP contribution in [0.2, 0.25) is 0 Å². The lowest BCUT2D eigenvalue weighted by atomic mass is 10.0. The van der Waals surface area contributed by atoms with Crippen LogP contribution < -0.4 is 5.73 Å². The number of nitriles is 1. The molecule has 1 aromatic rings. The molecule has 0 bridgehead atoms. The summed E-state index contributed by atoms with van der Waals surface area (Å²) < 4.78 is 2.22. The molecule has 0 spiro atoms. The molecule has 1 unspecified atom stereocenters. The number of hydrogen-bond acceptors (Lipinski definition) is 2. The van der Waals surface area contributed by atoms with E-state index in [0.717, 1.165) is 6.54 Å². The molecule has 0 saturated heterocycles. The Kier molecular flexibility index (Phi) is 2.48. The van der Waals surface area contributed by atoms with Crippen LogP contribution >= 0.6 is 0 Å². The van der Waals surface area contributed by atoms with Gasteiger partial charge in [0.15, 0.2) is 0 Å². The van der Waals surface area contributed by atoms with Crippen LogP contribution in [0.5, 0.6) is 0 Å². The topological polar surface area (TPSA) is 54.7 Å². The van der Waals surface area contributed by atoms with Gasteiger partial charge in [-0.05, 0) is 43.2 Å². The summed E-state index contributed by atoms with van der Waals surface area (Å²) in [7, 11) is 0. The SMILES string of the molecule is N#CCC1(Cn2ccc(C(N)C3CC3)c2)CC1. The maximum absolute atomic E-state index is 8.82. The molecule has 0 amide bonds. The highest BCUT2D eigenvalue weighted by Crippen LogP contribution is 2.50. The Morgan fingerprint density at radius 3 is 2.88 bits per heavy atom. The van der Waals surface area contributed by atoms with E-state index in [9.17, 15) is 0 Å². The molecule has 1 atom stereocenters. The lowest BCUT2D eigenvalue weighted by molar-refractivity contribution is 0.431. The molecule has 17 heavy (non-hydrogen) atoms. The minimum Gasteiger partial charge on any atom is -0.353 e. The average Bonchev–Trinajstić information content (AvgIpc) is 3.20. The molecule has 3 rings (SSSR count). The highest BCUT2D eigenvalue weighted by atomic mass is 15.0. The van der Waals surface area contributed by atoms with Crippen molar-refractivity contribution in [2.45, 2.75) is 44.7 Å². The molecule has 2 aliphatic rings. The van der Waals surface area contributed by atoms with Gasteiger partial charge in [0.25, 0.3) is 0 Å². The molecule has 1 heterocycles. The molecule has 2 aliphatic carbocycles. The van der Waals surface area contributed by atoms with E-state index in [1.54, 1.807) is 0 Å². The number of hydrogen-bond donors (Lipinski definition) is 1. The lowest BCUT2D eigenvalue weighted by Gasteiger charge is -2.12. The first-order valence-corrected chi connectivity index (χ1v) is 6.51. The number of nitrogens with zero attached hydrogens (tertiary/aromatic N) is 2. The quantitative estimate of drug-likeness (QED) is 0.843. The summed E-state index contributed by atoms with van der Waals surface area (Å²) in [6.45, 7) is 0.984. The van der Waals surface area contributed by atoms with Gasteiger partial charge < -0.3 is 10.3 Å². The van der Waals surface area contributed by atoms with Crippen LogP contribution in [0.4, 0.5) is 0 Å². The number of aromatic nitrogens is 1. The van der Waals surface area contributed by atoms with E-state index >= 15 is 0 Å². The zero-order valence-corrected chi connectivity index (χ0v) is 10.1. The highest BCUT2D eigenvalue weighted by Gasteiger charge is 2.42. The van der Waals surface area contributed by atoms with Crippen molar-refractivity contribution in [3.05, 3.63) is 24.0 Å². The molecule has 2 saturated carbocycles. The van der Waals surface area contributed by atoms with Crippen LogP contribution in [-0.2, 0) is 6.54 Å². The van der Waals surface area contributed by atoms with Crippen LogP contribution in [0.1, 0.15) is 43.7 Å². The second kappa shape index (κ2) is 3.89. The molecule has 0 aliphatic heterocycles. The van der Waals surface area contributed by atoms with E-state index in [2.05, 4.69) is 29.1 Å². The largest absolute Gasteiger partial charge is 0.353 e. The second-order valence-corrected chi connectivity index (χ2v) is 5.82. The fourth-order valence-electron chi connectivity index (χ4n) is 2.60. The maximum Gasteiger partial charge on any atom is 0.0628 e. The smallest absolute Gasteiger partial charge is 0.0628 e. The standard InChI is InChI=1S/C14H19N3/c15-7-6-14(4-5-14)10-17-8-3-12(9-17)13(16)11-1-2-11/h3,8-9,11,13H,1-2,4-6,10,16H2. The molecular weight excluding hydrogens is 210 g/mol. The summed E-state index contributed by atoms with van der Waals surface area (Å²) in [5.41, 5.74) is 7.72. The first kappa shape index (κ1) is 10.9. The van der Waals surface area contributed by atoms with Gasteiger partial charge in [-0.1, -0.05) is 0 Å². The van der Waals surface area contributed by atoms with Crippen molar-refractivity contribution in [2.24, 2.45) is 17.1 Å². The monoisotopic (exact) mass is 229 g/mol. The molecule has 3 heteroatoms. The Morgan fingerprint density at radius 2 is 2.29 bits per heavy atom. The predicted octanol–water partition coefficient (Wildman–Crippen LogP) is 2.59. The van der Waals surface area contributed by atoms with Gasteiger partial charge >= 0.3 is 0 Å². The second-order valence-electron chi connectivity index (χ2n) is 5.82. The van der Waals surface area contributed by atoms with Gasteiger partial charge in [-0.3, -0.25) is 0 Å². The van der Waals surface area contributed by atoms with Crippen LogP contribution in [0.25, 0.3) is 0 Å². The van der Waals surface area contributed by atoms with E-state index in [4.69, 9.17) is 11.0 Å². The summed E-state index contributed by atoms with van der Waals surface area (Å²) >= 11 is 0. The van der Waals surface area contributed by atoms with Crippen LogP contribution in [0, 0.1) is 22.7 Å². The highest BCUT2D eigenvalue weighted by molar-refractivity contribution is 5.18. The molecular formula is C14H19N3. The fourth-order valence-corrected chi connectivity index (χ4v) is 2.60. The lowest BCUT2D eigenvalue weighted by Crippen LogP contribution is -2.12. The van der Waals surface area contributed by atoms with E-state index in [1.807, 2.05) is 0 Å². The summed E-state index contributed by atoms with van der Waals surface area (Å²) in [4.78, 5) is 0. The van der Waals surface area contributed by atoms with Crippen molar-refractivity contribution < 1.29 is 0 Å². The van der Waals surface area contributed by atoms with Gasteiger partial charge in [-0.2, -0.15) is 5.26 Å². The van der Waals surface area contributed by atoms with Gasteiger partial charge in [-0.15, -0.1) is 0 Å². The van der Waals surface area contributed by atoms with Crippen molar-refractivity contribution in [2.75, 3.05) is 0 Å². The Balaban J connectivity index is 1.66. The summed E-state index contributed by atoms with van der Waals surface area (Å²) in [5.74, 6) is 0.708. The normalized spacial score (nSPS) is 23.1. The Labute approximate surface area is 102 Å². The molecule has 1 aromatic heterocycles. The van der Waals surface area contributed by atoms with Crippen LogP contribution in [0.3, 0.4) is 0 Å².